The van der Waals surface area contributed by atoms with Gasteiger partial charge in [-0.15, -0.1) is 0 Å². The molecule has 1 aliphatic rings. The zero-order valence-electron chi connectivity index (χ0n) is 16.5. The molecule has 1 saturated heterocycles. The van der Waals surface area contributed by atoms with Gasteiger partial charge in [-0.3, -0.25) is 14.6 Å². The maximum atomic E-state index is 13.0. The van der Waals surface area contributed by atoms with Crippen LogP contribution in [0.5, 0.6) is 0 Å². The Kier molecular flexibility index (Phi) is 5.28. The molecule has 1 aliphatic heterocycles. The Morgan fingerprint density at radius 3 is 2.71 bits per heavy atom. The van der Waals surface area contributed by atoms with Crippen molar-refractivity contribution < 1.29 is 4.79 Å². The predicted molar refractivity (Wildman–Crippen MR) is 108 cm³/mol. The molecular weight excluding hydrogens is 350 g/mol. The average Bonchev–Trinajstić information content (AvgIpc) is 3.40. The molecule has 6 nitrogen and oxygen atoms in total. The standard InChI is InChI=1S/C22H27N5O/c1-16(2)20-14-21(25-24-20)18-7-11-26(12-8-18)22(28)19-6-3-5-17(13-19)15-27-10-4-9-23-27/h3-6,9-10,13-14,16,18H,7-8,11-12,15H2,1-2H3,(H,24,25). The minimum absolute atomic E-state index is 0.119. The van der Waals surface area contributed by atoms with Crippen LogP contribution in [0.3, 0.4) is 0 Å². The number of amides is 1. The first-order valence-corrected chi connectivity index (χ1v) is 10.0. The van der Waals surface area contributed by atoms with Gasteiger partial charge in [0.1, 0.15) is 0 Å². The van der Waals surface area contributed by atoms with Crippen LogP contribution in [0.4, 0.5) is 0 Å². The largest absolute Gasteiger partial charge is 0.339 e. The first kappa shape index (κ1) is 18.5. The average molecular weight is 377 g/mol. The lowest BCUT2D eigenvalue weighted by molar-refractivity contribution is 0.0712. The van der Waals surface area contributed by atoms with Crippen LogP contribution in [0.15, 0.2) is 48.8 Å². The van der Waals surface area contributed by atoms with Crippen molar-refractivity contribution in [2.75, 3.05) is 13.1 Å². The zero-order valence-corrected chi connectivity index (χ0v) is 16.5. The second-order valence-electron chi connectivity index (χ2n) is 7.87. The van der Waals surface area contributed by atoms with Gasteiger partial charge in [-0.2, -0.15) is 10.2 Å². The third kappa shape index (κ3) is 4.01. The Labute approximate surface area is 165 Å². The molecule has 4 rings (SSSR count). The number of aromatic nitrogens is 4. The molecule has 0 radical (unpaired) electrons. The smallest absolute Gasteiger partial charge is 0.253 e. The lowest BCUT2D eigenvalue weighted by Crippen LogP contribution is -2.38. The molecule has 2 aromatic heterocycles. The van der Waals surface area contributed by atoms with Gasteiger partial charge in [-0.05, 0) is 48.6 Å². The highest BCUT2D eigenvalue weighted by Gasteiger charge is 2.26. The van der Waals surface area contributed by atoms with Crippen molar-refractivity contribution in [1.82, 2.24) is 24.9 Å². The lowest BCUT2D eigenvalue weighted by atomic mass is 9.92. The molecule has 3 heterocycles. The summed E-state index contributed by atoms with van der Waals surface area (Å²) in [6.45, 7) is 6.55. The van der Waals surface area contributed by atoms with Crippen LogP contribution in [0, 0.1) is 0 Å². The number of aromatic amines is 1. The van der Waals surface area contributed by atoms with Crippen LogP contribution in [0.1, 0.15) is 65.8 Å². The molecule has 1 aromatic carbocycles. The molecule has 3 aromatic rings. The summed E-state index contributed by atoms with van der Waals surface area (Å²) in [5.41, 5.74) is 4.16. The number of nitrogens with zero attached hydrogens (tertiary/aromatic N) is 4. The second-order valence-corrected chi connectivity index (χ2v) is 7.87. The highest BCUT2D eigenvalue weighted by molar-refractivity contribution is 5.94. The maximum absolute atomic E-state index is 13.0. The number of piperidine rings is 1. The predicted octanol–water partition coefficient (Wildman–Crippen LogP) is 3.80. The van der Waals surface area contributed by atoms with E-state index in [0.717, 1.165) is 42.8 Å². The number of likely N-dealkylation sites (tertiary alicyclic amines) is 1. The monoisotopic (exact) mass is 377 g/mol. The molecule has 0 unspecified atom stereocenters. The number of hydrogen-bond donors (Lipinski definition) is 1. The van der Waals surface area contributed by atoms with E-state index in [9.17, 15) is 4.79 Å². The van der Waals surface area contributed by atoms with Crippen molar-refractivity contribution in [3.05, 3.63) is 71.3 Å². The Morgan fingerprint density at radius 1 is 1.21 bits per heavy atom. The van der Waals surface area contributed by atoms with Crippen LogP contribution < -0.4 is 0 Å². The molecule has 0 bridgehead atoms. The van der Waals surface area contributed by atoms with Crippen molar-refractivity contribution in [2.45, 2.75) is 45.1 Å². The summed E-state index contributed by atoms with van der Waals surface area (Å²) < 4.78 is 1.87. The summed E-state index contributed by atoms with van der Waals surface area (Å²) >= 11 is 0. The molecule has 6 heteroatoms. The van der Waals surface area contributed by atoms with Crippen LogP contribution in [-0.2, 0) is 6.54 Å². The fourth-order valence-corrected chi connectivity index (χ4v) is 3.82. The van der Waals surface area contributed by atoms with Gasteiger partial charge in [0.05, 0.1) is 12.2 Å². The van der Waals surface area contributed by atoms with E-state index in [2.05, 4.69) is 35.2 Å². The van der Waals surface area contributed by atoms with E-state index in [1.807, 2.05) is 46.1 Å². The second kappa shape index (κ2) is 8.00. The number of nitrogens with one attached hydrogen (secondary N) is 1. The van der Waals surface area contributed by atoms with Gasteiger partial charge in [0.15, 0.2) is 0 Å². The van der Waals surface area contributed by atoms with Crippen molar-refractivity contribution in [1.29, 1.82) is 0 Å². The highest BCUT2D eigenvalue weighted by Crippen LogP contribution is 2.29. The van der Waals surface area contributed by atoms with Gasteiger partial charge in [0.2, 0.25) is 0 Å². The molecule has 1 fully saturated rings. The number of benzene rings is 1. The molecule has 0 aliphatic carbocycles. The normalized spacial score (nSPS) is 15.3. The van der Waals surface area contributed by atoms with Crippen molar-refractivity contribution in [2.24, 2.45) is 0 Å². The quantitative estimate of drug-likeness (QED) is 0.735. The minimum atomic E-state index is 0.119. The maximum Gasteiger partial charge on any atom is 0.253 e. The van der Waals surface area contributed by atoms with Gasteiger partial charge in [-0.1, -0.05) is 26.0 Å². The summed E-state index contributed by atoms with van der Waals surface area (Å²) in [6, 6.07) is 12.0. The molecule has 146 valence electrons. The van der Waals surface area contributed by atoms with Gasteiger partial charge in [0.25, 0.3) is 5.91 Å². The van der Waals surface area contributed by atoms with Crippen molar-refractivity contribution in [3.63, 3.8) is 0 Å². The fraction of sp³-hybridized carbons (Fsp3) is 0.409. The first-order chi connectivity index (χ1) is 13.6. The van der Waals surface area contributed by atoms with Gasteiger partial charge < -0.3 is 4.90 Å². The van der Waals surface area contributed by atoms with Crippen molar-refractivity contribution in [3.8, 4) is 0 Å². The van der Waals surface area contributed by atoms with Gasteiger partial charge in [0, 0.05) is 42.7 Å². The third-order valence-electron chi connectivity index (χ3n) is 5.51. The lowest BCUT2D eigenvalue weighted by Gasteiger charge is -2.31. The summed E-state index contributed by atoms with van der Waals surface area (Å²) in [7, 11) is 0. The highest BCUT2D eigenvalue weighted by atomic mass is 16.2. The minimum Gasteiger partial charge on any atom is -0.339 e. The Balaban J connectivity index is 1.38. The van der Waals surface area contributed by atoms with Gasteiger partial charge in [-0.25, -0.2) is 0 Å². The Morgan fingerprint density at radius 2 is 2.04 bits per heavy atom. The molecule has 1 amide bonds. The van der Waals surface area contributed by atoms with E-state index in [1.165, 1.54) is 5.69 Å². The van der Waals surface area contributed by atoms with E-state index in [4.69, 9.17) is 0 Å². The van der Waals surface area contributed by atoms with E-state index in [-0.39, 0.29) is 5.91 Å². The number of hydrogen-bond acceptors (Lipinski definition) is 3. The SMILES string of the molecule is CC(C)c1cc(C2CCN(C(=O)c3cccc(Cn4cccn4)c3)CC2)[nH]n1. The summed E-state index contributed by atoms with van der Waals surface area (Å²) in [5.74, 6) is 1.00. The number of H-pyrrole nitrogens is 1. The first-order valence-electron chi connectivity index (χ1n) is 10.0. The topological polar surface area (TPSA) is 66.8 Å². The van der Waals surface area contributed by atoms with E-state index < -0.39 is 0 Å². The fourth-order valence-electron chi connectivity index (χ4n) is 3.82. The summed E-state index contributed by atoms with van der Waals surface area (Å²) in [6.07, 6.45) is 5.64. The number of carbonyl (C=O) groups is 1. The van der Waals surface area contributed by atoms with E-state index in [1.54, 1.807) is 6.20 Å². The van der Waals surface area contributed by atoms with Crippen LogP contribution in [0.25, 0.3) is 0 Å². The Hall–Kier alpha value is -2.89. The molecule has 1 N–H and O–H groups in total. The summed E-state index contributed by atoms with van der Waals surface area (Å²) in [5, 5.41) is 11.9. The number of rotatable bonds is 5. The molecule has 0 saturated carbocycles. The molecule has 0 atom stereocenters. The van der Waals surface area contributed by atoms with Gasteiger partial charge >= 0.3 is 0 Å². The van der Waals surface area contributed by atoms with Crippen LogP contribution in [-0.4, -0.2) is 43.9 Å². The van der Waals surface area contributed by atoms with Crippen molar-refractivity contribution >= 4 is 5.91 Å². The van der Waals surface area contributed by atoms with E-state index in [0.29, 0.717) is 18.4 Å². The molecule has 28 heavy (non-hydrogen) atoms. The van der Waals surface area contributed by atoms with Crippen LogP contribution in [0.2, 0.25) is 0 Å². The van der Waals surface area contributed by atoms with Crippen LogP contribution >= 0.6 is 0 Å². The molecule has 0 spiro atoms. The zero-order chi connectivity index (χ0) is 19.5. The third-order valence-corrected chi connectivity index (χ3v) is 5.51. The Bertz CT molecular complexity index is 920. The molecular formula is C22H27N5O. The number of carbonyl (C=O) groups excluding carboxylic acids is 1. The summed E-state index contributed by atoms with van der Waals surface area (Å²) in [4.78, 5) is 14.9. The van der Waals surface area contributed by atoms with E-state index >= 15 is 0 Å².